The highest BCUT2D eigenvalue weighted by molar-refractivity contribution is 6.33. The monoisotopic (exact) mass is 203 g/mol. The van der Waals surface area contributed by atoms with Gasteiger partial charge in [-0.15, -0.1) is 0 Å². The molecule has 1 aromatic rings. The predicted molar refractivity (Wildman–Crippen MR) is 47.1 cm³/mol. The molecule has 0 saturated heterocycles. The number of hydrogen-bond acceptors (Lipinski definition) is 3. The third-order valence-electron chi connectivity index (χ3n) is 1.30. The van der Waals surface area contributed by atoms with E-state index in [9.17, 15) is 9.18 Å². The molecule has 1 aromatic carbocycles. The van der Waals surface area contributed by atoms with Gasteiger partial charge in [-0.25, -0.2) is 4.39 Å². The van der Waals surface area contributed by atoms with Gasteiger partial charge in [0, 0.05) is 19.1 Å². The highest BCUT2D eigenvalue weighted by Gasteiger charge is 2.09. The summed E-state index contributed by atoms with van der Waals surface area (Å²) in [6, 6.07) is 2.16. The van der Waals surface area contributed by atoms with Gasteiger partial charge < -0.3 is 10.5 Å². The number of carbonyl (C=O) groups is 1. The van der Waals surface area contributed by atoms with Crippen LogP contribution in [-0.4, -0.2) is 5.97 Å². The molecule has 0 aromatic heterocycles. The van der Waals surface area contributed by atoms with Gasteiger partial charge in [-0.1, -0.05) is 11.6 Å². The number of nitrogens with two attached hydrogens (primary N) is 1. The van der Waals surface area contributed by atoms with E-state index in [1.54, 1.807) is 0 Å². The van der Waals surface area contributed by atoms with Crippen LogP contribution in [0.15, 0.2) is 12.1 Å². The molecule has 0 radical (unpaired) electrons. The van der Waals surface area contributed by atoms with E-state index < -0.39 is 11.8 Å². The highest BCUT2D eigenvalue weighted by Crippen LogP contribution is 2.27. The van der Waals surface area contributed by atoms with Crippen molar-refractivity contribution in [3.05, 3.63) is 23.0 Å². The van der Waals surface area contributed by atoms with Crippen LogP contribution < -0.4 is 10.5 Å². The van der Waals surface area contributed by atoms with Crippen LogP contribution in [-0.2, 0) is 4.79 Å². The van der Waals surface area contributed by atoms with Gasteiger partial charge in [-0.05, 0) is 0 Å². The number of anilines is 1. The van der Waals surface area contributed by atoms with Gasteiger partial charge in [-0.2, -0.15) is 0 Å². The molecule has 3 nitrogen and oxygen atoms in total. The lowest BCUT2D eigenvalue weighted by Gasteiger charge is -2.04. The Balaban J connectivity index is 3.08. The molecule has 70 valence electrons. The summed E-state index contributed by atoms with van der Waals surface area (Å²) < 4.78 is 17.5. The first-order valence-corrected chi connectivity index (χ1v) is 3.81. The lowest BCUT2D eigenvalue weighted by atomic mass is 10.3. The lowest BCUT2D eigenvalue weighted by molar-refractivity contribution is -0.132. The minimum Gasteiger partial charge on any atom is -0.424 e. The maximum Gasteiger partial charge on any atom is 0.308 e. The van der Waals surface area contributed by atoms with Crippen molar-refractivity contribution in [2.45, 2.75) is 6.92 Å². The van der Waals surface area contributed by atoms with Crippen molar-refractivity contribution in [2.24, 2.45) is 0 Å². The van der Waals surface area contributed by atoms with Crippen LogP contribution in [0.4, 0.5) is 10.1 Å². The van der Waals surface area contributed by atoms with E-state index in [1.807, 2.05) is 0 Å². The molecule has 0 fully saturated rings. The topological polar surface area (TPSA) is 52.3 Å². The molecule has 0 aliphatic heterocycles. The molecular weight excluding hydrogens is 197 g/mol. The zero-order valence-electron chi connectivity index (χ0n) is 6.80. The SMILES string of the molecule is CC(=O)Oc1cc(Cl)c(N)cc1F. The van der Waals surface area contributed by atoms with Crippen molar-refractivity contribution < 1.29 is 13.9 Å². The summed E-state index contributed by atoms with van der Waals surface area (Å²) in [6.07, 6.45) is 0. The van der Waals surface area contributed by atoms with Crippen molar-refractivity contribution in [2.75, 3.05) is 5.73 Å². The van der Waals surface area contributed by atoms with E-state index in [2.05, 4.69) is 4.74 Å². The summed E-state index contributed by atoms with van der Waals surface area (Å²) >= 11 is 5.59. The average Bonchev–Trinajstić information content (AvgIpc) is 1.99. The van der Waals surface area contributed by atoms with Crippen LogP contribution in [0.3, 0.4) is 0 Å². The molecule has 0 atom stereocenters. The first kappa shape index (κ1) is 9.80. The standard InChI is InChI=1S/C8H7ClFNO2/c1-4(12)13-8-2-5(9)7(11)3-6(8)10/h2-3H,11H2,1H3. The summed E-state index contributed by atoms with van der Waals surface area (Å²) in [6.45, 7) is 1.17. The third kappa shape index (κ3) is 2.32. The van der Waals surface area contributed by atoms with Crippen LogP contribution in [0.1, 0.15) is 6.92 Å². The van der Waals surface area contributed by atoms with Crippen molar-refractivity contribution >= 4 is 23.3 Å². The average molecular weight is 204 g/mol. The molecule has 5 heteroatoms. The number of halogens is 2. The van der Waals surface area contributed by atoms with E-state index in [4.69, 9.17) is 17.3 Å². The Hall–Kier alpha value is -1.29. The molecule has 13 heavy (non-hydrogen) atoms. The van der Waals surface area contributed by atoms with Crippen LogP contribution in [0.2, 0.25) is 5.02 Å². The maximum atomic E-state index is 13.0. The van der Waals surface area contributed by atoms with Gasteiger partial charge >= 0.3 is 5.97 Å². The van der Waals surface area contributed by atoms with E-state index in [0.29, 0.717) is 0 Å². The van der Waals surface area contributed by atoms with Gasteiger partial charge in [0.1, 0.15) is 0 Å². The van der Waals surface area contributed by atoms with Crippen molar-refractivity contribution in [1.82, 2.24) is 0 Å². The molecule has 1 rings (SSSR count). The molecule has 0 aliphatic carbocycles. The number of carbonyl (C=O) groups excluding carboxylic acids is 1. The Labute approximate surface area is 79.2 Å². The predicted octanol–water partition coefficient (Wildman–Crippen LogP) is 1.99. The molecule has 0 amide bonds. The van der Waals surface area contributed by atoms with Crippen molar-refractivity contribution in [1.29, 1.82) is 0 Å². The van der Waals surface area contributed by atoms with Gasteiger partial charge in [0.15, 0.2) is 11.6 Å². The summed E-state index contributed by atoms with van der Waals surface area (Å²) in [5, 5.41) is 0.151. The number of hydrogen-bond donors (Lipinski definition) is 1. The first-order valence-electron chi connectivity index (χ1n) is 3.43. The van der Waals surface area contributed by atoms with E-state index in [0.717, 1.165) is 12.1 Å². The number of rotatable bonds is 1. The Morgan fingerprint density at radius 2 is 2.23 bits per heavy atom. The zero-order valence-corrected chi connectivity index (χ0v) is 7.56. The Bertz CT molecular complexity index is 354. The molecule has 0 aliphatic rings. The van der Waals surface area contributed by atoms with Crippen molar-refractivity contribution in [3.63, 3.8) is 0 Å². The lowest BCUT2D eigenvalue weighted by Crippen LogP contribution is -2.03. The summed E-state index contributed by atoms with van der Waals surface area (Å²) in [4.78, 5) is 10.5. The zero-order chi connectivity index (χ0) is 10.0. The van der Waals surface area contributed by atoms with Crippen LogP contribution in [0.25, 0.3) is 0 Å². The summed E-state index contributed by atoms with van der Waals surface area (Å²) in [5.41, 5.74) is 5.41. The van der Waals surface area contributed by atoms with E-state index in [-0.39, 0.29) is 16.5 Å². The van der Waals surface area contributed by atoms with Crippen molar-refractivity contribution in [3.8, 4) is 5.75 Å². The second kappa shape index (κ2) is 3.62. The molecule has 0 unspecified atom stereocenters. The fourth-order valence-corrected chi connectivity index (χ4v) is 0.931. The van der Waals surface area contributed by atoms with Crippen LogP contribution in [0, 0.1) is 5.82 Å². The summed E-state index contributed by atoms with van der Waals surface area (Å²) in [7, 11) is 0. The minimum absolute atomic E-state index is 0.107. The number of benzene rings is 1. The smallest absolute Gasteiger partial charge is 0.308 e. The number of ether oxygens (including phenoxy) is 1. The molecule has 2 N–H and O–H groups in total. The highest BCUT2D eigenvalue weighted by atomic mass is 35.5. The van der Waals surface area contributed by atoms with Crippen LogP contribution in [0.5, 0.6) is 5.75 Å². The van der Waals surface area contributed by atoms with Gasteiger partial charge in [0.05, 0.1) is 10.7 Å². The molecule has 0 bridgehead atoms. The maximum absolute atomic E-state index is 13.0. The number of nitrogen functional groups attached to an aromatic ring is 1. The van der Waals surface area contributed by atoms with E-state index >= 15 is 0 Å². The Morgan fingerprint density at radius 3 is 2.77 bits per heavy atom. The normalized spacial score (nSPS) is 9.77. The van der Waals surface area contributed by atoms with E-state index in [1.165, 1.54) is 6.92 Å². The third-order valence-corrected chi connectivity index (χ3v) is 1.63. The van der Waals surface area contributed by atoms with Gasteiger partial charge in [-0.3, -0.25) is 4.79 Å². The van der Waals surface area contributed by atoms with Gasteiger partial charge in [0.25, 0.3) is 0 Å². The molecule has 0 heterocycles. The fraction of sp³-hybridized carbons (Fsp3) is 0.125. The Kier molecular flexibility index (Phi) is 2.72. The molecule has 0 spiro atoms. The first-order chi connectivity index (χ1) is 6.00. The Morgan fingerprint density at radius 1 is 1.62 bits per heavy atom. The largest absolute Gasteiger partial charge is 0.424 e. The van der Waals surface area contributed by atoms with Crippen LogP contribution >= 0.6 is 11.6 Å². The molecule has 0 saturated carbocycles. The second-order valence-corrected chi connectivity index (χ2v) is 2.80. The van der Waals surface area contributed by atoms with Gasteiger partial charge in [0.2, 0.25) is 0 Å². The second-order valence-electron chi connectivity index (χ2n) is 2.40. The number of esters is 1. The quantitative estimate of drug-likeness (QED) is 0.431. The summed E-state index contributed by atoms with van der Waals surface area (Å²) in [5.74, 6) is -1.54. The fourth-order valence-electron chi connectivity index (χ4n) is 0.777. The molecular formula is C8H7ClFNO2. The minimum atomic E-state index is -0.711.